The monoisotopic (exact) mass is 328 g/mol. The third-order valence-electron chi connectivity index (χ3n) is 5.71. The largest absolute Gasteiger partial charge is 0.337 e. The molecular weight excluding hydrogens is 304 g/mol. The second-order valence-corrected chi connectivity index (χ2v) is 6.92. The van der Waals surface area contributed by atoms with Gasteiger partial charge in [-0.05, 0) is 25.2 Å². The minimum absolute atomic E-state index is 0. The van der Waals surface area contributed by atoms with Crippen molar-refractivity contribution in [2.45, 2.75) is 50.2 Å². The van der Waals surface area contributed by atoms with Gasteiger partial charge < -0.3 is 20.4 Å². The van der Waals surface area contributed by atoms with Crippen molar-refractivity contribution in [3.63, 3.8) is 0 Å². The highest BCUT2D eigenvalue weighted by Gasteiger charge is 2.42. The highest BCUT2D eigenvalue weighted by molar-refractivity contribution is 5.85. The number of carbonyl (C=O) groups is 2. The van der Waals surface area contributed by atoms with Crippen LogP contribution in [0.1, 0.15) is 32.1 Å². The average Bonchev–Trinajstić information content (AvgIpc) is 3.10. The number of hydrogen-bond acceptors (Lipinski definition) is 3. The minimum Gasteiger partial charge on any atom is -0.337 e. The molecular formula is C15H25ClN4O2. The molecule has 0 aromatic carbocycles. The van der Waals surface area contributed by atoms with Crippen LogP contribution in [0.2, 0.25) is 0 Å². The summed E-state index contributed by atoms with van der Waals surface area (Å²) in [7, 11) is 0. The molecule has 3 heterocycles. The van der Waals surface area contributed by atoms with Crippen LogP contribution in [0.15, 0.2) is 0 Å². The van der Waals surface area contributed by atoms with Gasteiger partial charge in [-0.15, -0.1) is 12.4 Å². The van der Waals surface area contributed by atoms with E-state index < -0.39 is 0 Å². The number of nitrogens with zero attached hydrogens (tertiary/aromatic N) is 2. The van der Waals surface area contributed by atoms with E-state index in [1.165, 1.54) is 25.7 Å². The first kappa shape index (κ1) is 15.9. The van der Waals surface area contributed by atoms with Crippen molar-refractivity contribution in [3.8, 4) is 0 Å². The van der Waals surface area contributed by atoms with Gasteiger partial charge in [0.25, 0.3) is 0 Å². The topological polar surface area (TPSA) is 64.7 Å². The maximum Gasteiger partial charge on any atom is 0.317 e. The van der Waals surface area contributed by atoms with Gasteiger partial charge in [-0.25, -0.2) is 4.79 Å². The SMILES string of the molecule is Cl.O=C(C1CC2CCCCC2N1)N1CCN2C(=O)NCC2C1. The van der Waals surface area contributed by atoms with E-state index in [-0.39, 0.29) is 36.4 Å². The molecule has 1 saturated carbocycles. The molecule has 1 aliphatic carbocycles. The first-order valence-corrected chi connectivity index (χ1v) is 8.31. The Labute approximate surface area is 137 Å². The van der Waals surface area contributed by atoms with Crippen molar-refractivity contribution in [3.05, 3.63) is 0 Å². The Balaban J connectivity index is 0.00000144. The Morgan fingerprint density at radius 1 is 1.18 bits per heavy atom. The van der Waals surface area contributed by atoms with E-state index in [9.17, 15) is 9.59 Å². The van der Waals surface area contributed by atoms with Gasteiger partial charge >= 0.3 is 6.03 Å². The van der Waals surface area contributed by atoms with Gasteiger partial charge in [0.2, 0.25) is 5.91 Å². The standard InChI is InChI=1S/C15H24N4O2.ClH/c20-14(13-7-10-3-1-2-4-12(10)17-13)18-5-6-19-11(9-18)8-16-15(19)21;/h10-13,17H,1-9H2,(H,16,21);1H. The van der Waals surface area contributed by atoms with E-state index >= 15 is 0 Å². The van der Waals surface area contributed by atoms with Gasteiger partial charge in [-0.1, -0.05) is 12.8 Å². The lowest BCUT2D eigenvalue weighted by molar-refractivity contribution is -0.135. The van der Waals surface area contributed by atoms with E-state index in [0.29, 0.717) is 38.1 Å². The molecule has 4 atom stereocenters. The fourth-order valence-corrected chi connectivity index (χ4v) is 4.54. The Hall–Kier alpha value is -1.01. The molecule has 0 aromatic heterocycles. The molecule has 0 radical (unpaired) electrons. The zero-order valence-corrected chi connectivity index (χ0v) is 13.6. The lowest BCUT2D eigenvalue weighted by Gasteiger charge is -2.37. The minimum atomic E-state index is 0. The Morgan fingerprint density at radius 3 is 2.82 bits per heavy atom. The molecule has 4 fully saturated rings. The summed E-state index contributed by atoms with van der Waals surface area (Å²) in [5.41, 5.74) is 0. The van der Waals surface area contributed by atoms with Crippen LogP contribution in [0.4, 0.5) is 4.79 Å². The van der Waals surface area contributed by atoms with Crippen molar-refractivity contribution in [1.29, 1.82) is 0 Å². The zero-order chi connectivity index (χ0) is 14.4. The highest BCUT2D eigenvalue weighted by Crippen LogP contribution is 2.33. The summed E-state index contributed by atoms with van der Waals surface area (Å²) in [5, 5.41) is 6.44. The first-order valence-electron chi connectivity index (χ1n) is 8.31. The Bertz CT molecular complexity index is 447. The smallest absolute Gasteiger partial charge is 0.317 e. The summed E-state index contributed by atoms with van der Waals surface area (Å²) >= 11 is 0. The summed E-state index contributed by atoms with van der Waals surface area (Å²) in [6.07, 6.45) is 6.12. The molecule has 0 spiro atoms. The van der Waals surface area contributed by atoms with Gasteiger partial charge in [0.1, 0.15) is 0 Å². The van der Waals surface area contributed by atoms with Crippen molar-refractivity contribution in [2.75, 3.05) is 26.2 Å². The molecule has 0 aromatic rings. The Morgan fingerprint density at radius 2 is 2.00 bits per heavy atom. The van der Waals surface area contributed by atoms with Crippen molar-refractivity contribution in [2.24, 2.45) is 5.92 Å². The predicted molar refractivity (Wildman–Crippen MR) is 85.0 cm³/mol. The first-order chi connectivity index (χ1) is 10.2. The average molecular weight is 329 g/mol. The van der Waals surface area contributed by atoms with Crippen LogP contribution in [0.25, 0.3) is 0 Å². The molecule has 4 rings (SSSR count). The maximum absolute atomic E-state index is 12.8. The lowest BCUT2D eigenvalue weighted by atomic mass is 9.85. The van der Waals surface area contributed by atoms with Crippen LogP contribution in [-0.2, 0) is 4.79 Å². The van der Waals surface area contributed by atoms with Crippen molar-refractivity contribution < 1.29 is 9.59 Å². The summed E-state index contributed by atoms with van der Waals surface area (Å²) in [5.74, 6) is 0.951. The highest BCUT2D eigenvalue weighted by atomic mass is 35.5. The van der Waals surface area contributed by atoms with E-state index in [4.69, 9.17) is 0 Å². The number of amides is 3. The number of fused-ring (bicyclic) bond motifs is 2. The number of piperazine rings is 1. The van der Waals surface area contributed by atoms with Gasteiger partial charge in [0, 0.05) is 32.2 Å². The molecule has 6 nitrogen and oxygen atoms in total. The number of nitrogens with one attached hydrogen (secondary N) is 2. The van der Waals surface area contributed by atoms with Crippen LogP contribution < -0.4 is 10.6 Å². The number of carbonyl (C=O) groups excluding carboxylic acids is 2. The number of hydrogen-bond donors (Lipinski definition) is 2. The molecule has 2 N–H and O–H groups in total. The second kappa shape index (κ2) is 6.24. The second-order valence-electron chi connectivity index (χ2n) is 6.92. The van der Waals surface area contributed by atoms with E-state index in [0.717, 1.165) is 6.42 Å². The van der Waals surface area contributed by atoms with Crippen LogP contribution in [0, 0.1) is 5.92 Å². The Kier molecular flexibility index (Phi) is 4.50. The molecule has 0 bridgehead atoms. The van der Waals surface area contributed by atoms with Gasteiger partial charge in [-0.3, -0.25) is 4.79 Å². The maximum atomic E-state index is 12.8. The quantitative estimate of drug-likeness (QED) is 0.739. The van der Waals surface area contributed by atoms with Crippen LogP contribution in [-0.4, -0.2) is 66.0 Å². The summed E-state index contributed by atoms with van der Waals surface area (Å²) < 4.78 is 0. The van der Waals surface area contributed by atoms with Gasteiger partial charge in [0.15, 0.2) is 0 Å². The predicted octanol–water partition coefficient (Wildman–Crippen LogP) is 0.565. The van der Waals surface area contributed by atoms with E-state index in [2.05, 4.69) is 10.6 Å². The number of halogens is 1. The fourth-order valence-electron chi connectivity index (χ4n) is 4.54. The van der Waals surface area contributed by atoms with Crippen LogP contribution >= 0.6 is 12.4 Å². The van der Waals surface area contributed by atoms with E-state index in [1.807, 2.05) is 9.80 Å². The summed E-state index contributed by atoms with van der Waals surface area (Å²) in [6.45, 7) is 2.70. The molecule has 3 aliphatic heterocycles. The zero-order valence-electron chi connectivity index (χ0n) is 12.8. The molecule has 3 amide bonds. The molecule has 7 heteroatoms. The fraction of sp³-hybridized carbons (Fsp3) is 0.867. The number of urea groups is 1. The summed E-state index contributed by atoms with van der Waals surface area (Å²) in [6, 6.07) is 0.759. The molecule has 4 unspecified atom stereocenters. The molecule has 22 heavy (non-hydrogen) atoms. The summed E-state index contributed by atoms with van der Waals surface area (Å²) in [4.78, 5) is 28.2. The van der Waals surface area contributed by atoms with E-state index in [1.54, 1.807) is 0 Å². The molecule has 124 valence electrons. The van der Waals surface area contributed by atoms with Crippen LogP contribution in [0.5, 0.6) is 0 Å². The van der Waals surface area contributed by atoms with Gasteiger partial charge in [0.05, 0.1) is 12.1 Å². The van der Waals surface area contributed by atoms with Crippen molar-refractivity contribution >= 4 is 24.3 Å². The third kappa shape index (κ3) is 2.67. The van der Waals surface area contributed by atoms with Crippen LogP contribution in [0.3, 0.4) is 0 Å². The third-order valence-corrected chi connectivity index (χ3v) is 5.71. The molecule has 4 aliphatic rings. The molecule has 3 saturated heterocycles. The van der Waals surface area contributed by atoms with Gasteiger partial charge in [-0.2, -0.15) is 0 Å². The number of rotatable bonds is 1. The normalized spacial score (nSPS) is 37.2. The lowest BCUT2D eigenvalue weighted by Crippen LogP contribution is -2.57. The van der Waals surface area contributed by atoms with Crippen molar-refractivity contribution in [1.82, 2.24) is 20.4 Å².